The van der Waals surface area contributed by atoms with Gasteiger partial charge in [-0.3, -0.25) is 15.2 Å². The van der Waals surface area contributed by atoms with Crippen LogP contribution in [0.3, 0.4) is 0 Å². The Hall–Kier alpha value is -2.67. The Bertz CT molecular complexity index is 847. The summed E-state index contributed by atoms with van der Waals surface area (Å²) in [5.74, 6) is 1.10. The second kappa shape index (κ2) is 6.62. The number of ether oxygens (including phenoxy) is 1. The van der Waals surface area contributed by atoms with Gasteiger partial charge >= 0.3 is 0 Å². The molecule has 2 N–H and O–H groups in total. The van der Waals surface area contributed by atoms with E-state index in [1.165, 1.54) is 0 Å². The van der Waals surface area contributed by atoms with E-state index in [1.54, 1.807) is 31.4 Å². The summed E-state index contributed by atoms with van der Waals surface area (Å²) in [7, 11) is 1.55. The highest BCUT2D eigenvalue weighted by Crippen LogP contribution is 2.20. The van der Waals surface area contributed by atoms with Gasteiger partial charge in [-0.05, 0) is 30.3 Å². The predicted octanol–water partition coefficient (Wildman–Crippen LogP) is 3.50. The Labute approximate surface area is 141 Å². The molecule has 3 rings (SSSR count). The zero-order valence-corrected chi connectivity index (χ0v) is 13.8. The molecule has 6 nitrogen and oxygen atoms in total. The molecule has 116 valence electrons. The number of anilines is 1. The van der Waals surface area contributed by atoms with Gasteiger partial charge < -0.3 is 4.74 Å². The number of halogens is 1. The molecular formula is C16H13BrN4O2. The minimum Gasteiger partial charge on any atom is -0.497 e. The van der Waals surface area contributed by atoms with Gasteiger partial charge in [0.2, 0.25) is 5.95 Å². The fraction of sp³-hybridized carbons (Fsp3) is 0.0625. The molecule has 3 aromatic rings. The average Bonchev–Trinajstić information content (AvgIpc) is 3.03. The highest BCUT2D eigenvalue weighted by molar-refractivity contribution is 9.10. The van der Waals surface area contributed by atoms with Gasteiger partial charge in [-0.15, -0.1) is 5.10 Å². The van der Waals surface area contributed by atoms with Crippen LogP contribution in [0.25, 0.3) is 11.4 Å². The molecule has 0 atom stereocenters. The van der Waals surface area contributed by atoms with Gasteiger partial charge in [-0.25, -0.2) is 0 Å². The lowest BCUT2D eigenvalue weighted by Gasteiger charge is -2.03. The zero-order chi connectivity index (χ0) is 16.2. The second-order valence-corrected chi connectivity index (χ2v) is 5.62. The van der Waals surface area contributed by atoms with Crippen molar-refractivity contribution in [3.8, 4) is 17.1 Å². The van der Waals surface area contributed by atoms with E-state index in [9.17, 15) is 4.79 Å². The van der Waals surface area contributed by atoms with E-state index in [-0.39, 0.29) is 11.9 Å². The Kier molecular flexibility index (Phi) is 4.38. The molecule has 0 saturated heterocycles. The van der Waals surface area contributed by atoms with Crippen LogP contribution in [-0.2, 0) is 0 Å². The number of H-pyrrole nitrogens is 1. The number of nitrogens with zero attached hydrogens (tertiary/aromatic N) is 2. The van der Waals surface area contributed by atoms with E-state index >= 15 is 0 Å². The first-order valence-corrected chi connectivity index (χ1v) is 7.59. The summed E-state index contributed by atoms with van der Waals surface area (Å²) in [4.78, 5) is 16.5. The molecule has 0 spiro atoms. The van der Waals surface area contributed by atoms with Crippen molar-refractivity contribution in [3.63, 3.8) is 0 Å². The number of hydrogen-bond acceptors (Lipinski definition) is 4. The van der Waals surface area contributed by atoms with Crippen LogP contribution in [-0.4, -0.2) is 28.2 Å². The number of hydrogen-bond donors (Lipinski definition) is 2. The maximum atomic E-state index is 12.2. The van der Waals surface area contributed by atoms with Gasteiger partial charge in [0, 0.05) is 15.6 Å². The van der Waals surface area contributed by atoms with Crippen molar-refractivity contribution in [1.29, 1.82) is 0 Å². The normalized spacial score (nSPS) is 10.3. The number of methoxy groups -OCH3 is 1. The Morgan fingerprint density at radius 3 is 2.83 bits per heavy atom. The zero-order valence-electron chi connectivity index (χ0n) is 12.2. The number of nitrogens with one attached hydrogen (secondary N) is 2. The molecule has 0 bridgehead atoms. The van der Waals surface area contributed by atoms with Crippen LogP contribution in [0.4, 0.5) is 5.95 Å². The van der Waals surface area contributed by atoms with E-state index < -0.39 is 0 Å². The lowest BCUT2D eigenvalue weighted by atomic mass is 10.2. The number of aromatic nitrogens is 3. The van der Waals surface area contributed by atoms with Crippen molar-refractivity contribution < 1.29 is 9.53 Å². The predicted molar refractivity (Wildman–Crippen MR) is 90.5 cm³/mol. The Morgan fingerprint density at radius 1 is 1.22 bits per heavy atom. The molecule has 1 heterocycles. The van der Waals surface area contributed by atoms with Gasteiger partial charge in [-0.1, -0.05) is 34.1 Å². The molecule has 0 aliphatic carbocycles. The summed E-state index contributed by atoms with van der Waals surface area (Å²) in [6.07, 6.45) is 0. The maximum Gasteiger partial charge on any atom is 0.258 e. The highest BCUT2D eigenvalue weighted by atomic mass is 79.9. The molecule has 1 aromatic heterocycles. The molecule has 7 heteroatoms. The average molecular weight is 373 g/mol. The van der Waals surface area contributed by atoms with Crippen molar-refractivity contribution in [1.82, 2.24) is 15.2 Å². The van der Waals surface area contributed by atoms with Gasteiger partial charge in [0.05, 0.1) is 7.11 Å². The first kappa shape index (κ1) is 15.2. The number of carbonyl (C=O) groups excluding carboxylic acids is 1. The summed E-state index contributed by atoms with van der Waals surface area (Å²) in [5.41, 5.74) is 1.34. The Morgan fingerprint density at radius 2 is 2.04 bits per heavy atom. The fourth-order valence-electron chi connectivity index (χ4n) is 2.02. The van der Waals surface area contributed by atoms with E-state index in [4.69, 9.17) is 4.74 Å². The minimum atomic E-state index is -0.302. The van der Waals surface area contributed by atoms with Crippen LogP contribution in [0.2, 0.25) is 0 Å². The van der Waals surface area contributed by atoms with Crippen LogP contribution in [0.1, 0.15) is 10.4 Å². The van der Waals surface area contributed by atoms with Crippen LogP contribution in [0.5, 0.6) is 5.75 Å². The number of benzene rings is 2. The molecule has 0 fully saturated rings. The quantitative estimate of drug-likeness (QED) is 0.734. The molecule has 2 aromatic carbocycles. The number of aromatic amines is 1. The van der Waals surface area contributed by atoms with Crippen LogP contribution in [0, 0.1) is 0 Å². The van der Waals surface area contributed by atoms with Crippen LogP contribution < -0.4 is 10.1 Å². The van der Waals surface area contributed by atoms with E-state index in [0.717, 1.165) is 10.0 Å². The first-order valence-electron chi connectivity index (χ1n) is 6.79. The first-order chi connectivity index (χ1) is 11.2. The standard InChI is InChI=1S/C16H13BrN4O2/c1-23-13-7-3-5-11(9-13)15(22)19-16-18-14(20-21-16)10-4-2-6-12(17)8-10/h2-9H,1H3,(H2,18,19,20,21,22). The number of rotatable bonds is 4. The molecule has 0 saturated carbocycles. The van der Waals surface area contributed by atoms with E-state index in [2.05, 4.69) is 36.4 Å². The molecule has 0 aliphatic rings. The molecule has 0 unspecified atom stereocenters. The SMILES string of the molecule is COc1cccc(C(=O)Nc2n[nH]c(-c3cccc(Br)c3)n2)c1. The lowest BCUT2D eigenvalue weighted by Crippen LogP contribution is -2.13. The monoisotopic (exact) mass is 372 g/mol. The van der Waals surface area contributed by atoms with Crippen molar-refractivity contribution >= 4 is 27.8 Å². The van der Waals surface area contributed by atoms with Crippen LogP contribution >= 0.6 is 15.9 Å². The minimum absolute atomic E-state index is 0.216. The number of carbonyl (C=O) groups is 1. The summed E-state index contributed by atoms with van der Waals surface area (Å²) in [5, 5.41) is 9.48. The highest BCUT2D eigenvalue weighted by Gasteiger charge is 2.11. The fourth-order valence-corrected chi connectivity index (χ4v) is 2.42. The van der Waals surface area contributed by atoms with Crippen LogP contribution in [0.15, 0.2) is 53.0 Å². The van der Waals surface area contributed by atoms with Gasteiger partial charge in [-0.2, -0.15) is 4.98 Å². The Balaban J connectivity index is 1.77. The van der Waals surface area contributed by atoms with E-state index in [1.807, 2.05) is 24.3 Å². The van der Waals surface area contributed by atoms with Gasteiger partial charge in [0.15, 0.2) is 5.82 Å². The summed E-state index contributed by atoms with van der Waals surface area (Å²) >= 11 is 3.41. The lowest BCUT2D eigenvalue weighted by molar-refractivity contribution is 0.102. The second-order valence-electron chi connectivity index (χ2n) is 4.70. The molecule has 23 heavy (non-hydrogen) atoms. The summed E-state index contributed by atoms with van der Waals surface area (Å²) in [6.45, 7) is 0. The third kappa shape index (κ3) is 3.57. The van der Waals surface area contributed by atoms with Gasteiger partial charge in [0.1, 0.15) is 5.75 Å². The number of amides is 1. The van der Waals surface area contributed by atoms with E-state index in [0.29, 0.717) is 17.1 Å². The third-order valence-corrected chi connectivity index (χ3v) is 3.63. The molecule has 0 aliphatic heterocycles. The largest absolute Gasteiger partial charge is 0.497 e. The summed E-state index contributed by atoms with van der Waals surface area (Å²) in [6, 6.07) is 14.5. The third-order valence-electron chi connectivity index (χ3n) is 3.14. The van der Waals surface area contributed by atoms with Gasteiger partial charge in [0.25, 0.3) is 5.91 Å². The molecule has 0 radical (unpaired) electrons. The topological polar surface area (TPSA) is 79.9 Å². The molecule has 1 amide bonds. The smallest absolute Gasteiger partial charge is 0.258 e. The summed E-state index contributed by atoms with van der Waals surface area (Å²) < 4.78 is 6.04. The van der Waals surface area contributed by atoms with Crippen molar-refractivity contribution in [3.05, 3.63) is 58.6 Å². The molecular weight excluding hydrogens is 360 g/mol. The van der Waals surface area contributed by atoms with Crippen molar-refractivity contribution in [2.45, 2.75) is 0 Å². The van der Waals surface area contributed by atoms with Crippen molar-refractivity contribution in [2.75, 3.05) is 12.4 Å². The maximum absolute atomic E-state index is 12.2. The van der Waals surface area contributed by atoms with Crippen molar-refractivity contribution in [2.24, 2.45) is 0 Å².